The first-order valence-electron chi connectivity index (χ1n) is 5.33. The minimum Gasteiger partial charge on any atom is -0.478 e. The Labute approximate surface area is 105 Å². The Morgan fingerprint density at radius 2 is 2.11 bits per heavy atom. The van der Waals surface area contributed by atoms with Crippen LogP contribution in [-0.2, 0) is 14.3 Å². The number of rotatable bonds is 5. The van der Waals surface area contributed by atoms with Crippen molar-refractivity contribution in [2.24, 2.45) is 0 Å². The van der Waals surface area contributed by atoms with Crippen molar-refractivity contribution in [2.75, 3.05) is 19.0 Å². The van der Waals surface area contributed by atoms with Gasteiger partial charge in [-0.15, -0.1) is 0 Å². The molecule has 0 heterocycles. The zero-order valence-electron chi connectivity index (χ0n) is 10.3. The van der Waals surface area contributed by atoms with Crippen LogP contribution < -0.4 is 5.32 Å². The van der Waals surface area contributed by atoms with Crippen LogP contribution in [0.4, 0.5) is 5.69 Å². The Balaban J connectivity index is 2.87. The lowest BCUT2D eigenvalue weighted by Gasteiger charge is -2.07. The van der Waals surface area contributed by atoms with Gasteiger partial charge in [0.05, 0.1) is 0 Å². The topological polar surface area (TPSA) is 75.6 Å². The van der Waals surface area contributed by atoms with Gasteiger partial charge in [0.2, 0.25) is 5.91 Å². The molecule has 1 rings (SSSR count). The minimum absolute atomic E-state index is 0.0196. The van der Waals surface area contributed by atoms with Crippen LogP contribution in [0, 0.1) is 6.92 Å². The molecular formula is C13H15NO4. The van der Waals surface area contributed by atoms with Gasteiger partial charge in [0.1, 0.15) is 6.61 Å². The van der Waals surface area contributed by atoms with Crippen molar-refractivity contribution < 1.29 is 19.4 Å². The third kappa shape index (κ3) is 4.80. The molecule has 2 N–H and O–H groups in total. The molecule has 1 amide bonds. The smallest absolute Gasteiger partial charge is 0.328 e. The highest BCUT2D eigenvalue weighted by atomic mass is 16.5. The maximum absolute atomic E-state index is 11.4. The van der Waals surface area contributed by atoms with Gasteiger partial charge >= 0.3 is 5.97 Å². The molecule has 0 saturated heterocycles. The van der Waals surface area contributed by atoms with Crippen molar-refractivity contribution in [3.8, 4) is 0 Å². The predicted molar refractivity (Wildman–Crippen MR) is 68.4 cm³/mol. The van der Waals surface area contributed by atoms with E-state index in [0.717, 1.165) is 11.6 Å². The van der Waals surface area contributed by atoms with Gasteiger partial charge in [-0.05, 0) is 36.3 Å². The van der Waals surface area contributed by atoms with Crippen LogP contribution in [0.5, 0.6) is 0 Å². The number of carboxylic acid groups (broad SMARTS) is 1. The summed E-state index contributed by atoms with van der Waals surface area (Å²) >= 11 is 0. The second-order valence-corrected chi connectivity index (χ2v) is 3.79. The van der Waals surface area contributed by atoms with Gasteiger partial charge in [-0.2, -0.15) is 0 Å². The van der Waals surface area contributed by atoms with Crippen LogP contribution in [0.15, 0.2) is 24.3 Å². The molecule has 0 bridgehead atoms. The number of hydrogen-bond donors (Lipinski definition) is 2. The van der Waals surface area contributed by atoms with Crippen LogP contribution in [0.3, 0.4) is 0 Å². The highest BCUT2D eigenvalue weighted by Gasteiger charge is 2.02. The number of ether oxygens (including phenoxy) is 1. The fourth-order valence-corrected chi connectivity index (χ4v) is 1.48. The molecule has 1 aromatic carbocycles. The van der Waals surface area contributed by atoms with Gasteiger partial charge in [0.15, 0.2) is 0 Å². The highest BCUT2D eigenvalue weighted by Crippen LogP contribution is 2.15. The minimum atomic E-state index is -1.01. The number of hydrogen-bond acceptors (Lipinski definition) is 3. The lowest BCUT2D eigenvalue weighted by molar-refractivity contribution is -0.131. The second-order valence-electron chi connectivity index (χ2n) is 3.79. The fourth-order valence-electron chi connectivity index (χ4n) is 1.48. The number of carbonyl (C=O) groups excluding carboxylic acids is 1. The Hall–Kier alpha value is -2.14. The van der Waals surface area contributed by atoms with E-state index in [4.69, 9.17) is 9.84 Å². The standard InChI is InChI=1S/C13H15NO4/c1-9-5-10(3-4-13(16)17)7-11(6-9)14-12(15)8-18-2/h3-7H,8H2,1-2H3,(H,14,15)(H,16,17)/b4-3+. The summed E-state index contributed by atoms with van der Waals surface area (Å²) in [5.41, 5.74) is 2.25. The van der Waals surface area contributed by atoms with E-state index in [9.17, 15) is 9.59 Å². The van der Waals surface area contributed by atoms with Gasteiger partial charge in [-0.1, -0.05) is 6.07 Å². The maximum Gasteiger partial charge on any atom is 0.328 e. The second kappa shape index (κ2) is 6.56. The van der Waals surface area contributed by atoms with E-state index in [1.807, 2.05) is 13.0 Å². The highest BCUT2D eigenvalue weighted by molar-refractivity contribution is 5.92. The number of carboxylic acids is 1. The van der Waals surface area contributed by atoms with Crippen LogP contribution in [-0.4, -0.2) is 30.7 Å². The van der Waals surface area contributed by atoms with E-state index in [1.54, 1.807) is 12.1 Å². The van der Waals surface area contributed by atoms with Gasteiger partial charge < -0.3 is 15.2 Å². The van der Waals surface area contributed by atoms with Gasteiger partial charge in [-0.25, -0.2) is 4.79 Å². The average Bonchev–Trinajstić information content (AvgIpc) is 2.25. The van der Waals surface area contributed by atoms with Crippen molar-refractivity contribution in [2.45, 2.75) is 6.92 Å². The maximum atomic E-state index is 11.4. The van der Waals surface area contributed by atoms with Gasteiger partial charge in [0, 0.05) is 18.9 Å². The third-order valence-corrected chi connectivity index (χ3v) is 2.08. The van der Waals surface area contributed by atoms with Crippen molar-refractivity contribution >= 4 is 23.6 Å². The largest absolute Gasteiger partial charge is 0.478 e. The lowest BCUT2D eigenvalue weighted by Crippen LogP contribution is -2.17. The number of aryl methyl sites for hydroxylation is 1. The molecule has 5 heteroatoms. The summed E-state index contributed by atoms with van der Waals surface area (Å²) in [6, 6.07) is 5.32. The van der Waals surface area contributed by atoms with Crippen LogP contribution in [0.1, 0.15) is 11.1 Å². The summed E-state index contributed by atoms with van der Waals surface area (Å²) in [5, 5.41) is 11.2. The van der Waals surface area contributed by atoms with Crippen molar-refractivity contribution in [3.63, 3.8) is 0 Å². The predicted octanol–water partition coefficient (Wildman–Crippen LogP) is 1.68. The third-order valence-electron chi connectivity index (χ3n) is 2.08. The Bertz CT molecular complexity index is 480. The first-order valence-corrected chi connectivity index (χ1v) is 5.33. The fraction of sp³-hybridized carbons (Fsp3) is 0.231. The lowest BCUT2D eigenvalue weighted by atomic mass is 10.1. The molecule has 0 radical (unpaired) electrons. The van der Waals surface area contributed by atoms with E-state index in [2.05, 4.69) is 5.32 Å². The Morgan fingerprint density at radius 3 is 2.72 bits per heavy atom. The Kier molecular flexibility index (Phi) is 5.07. The molecule has 0 fully saturated rings. The molecule has 96 valence electrons. The van der Waals surface area contributed by atoms with Crippen LogP contribution >= 0.6 is 0 Å². The van der Waals surface area contributed by atoms with Crippen molar-refractivity contribution in [1.29, 1.82) is 0 Å². The summed E-state index contributed by atoms with van der Waals surface area (Å²) in [6.07, 6.45) is 2.52. The summed E-state index contributed by atoms with van der Waals surface area (Å²) in [4.78, 5) is 21.8. The zero-order valence-corrected chi connectivity index (χ0v) is 10.3. The molecule has 0 saturated carbocycles. The number of carbonyl (C=O) groups is 2. The first kappa shape index (κ1) is 13.9. The molecule has 5 nitrogen and oxygen atoms in total. The molecule has 0 aromatic heterocycles. The first-order chi connectivity index (χ1) is 8.51. The molecular weight excluding hydrogens is 234 g/mol. The van der Waals surface area contributed by atoms with Gasteiger partial charge in [0.25, 0.3) is 0 Å². The number of benzene rings is 1. The summed E-state index contributed by atoms with van der Waals surface area (Å²) < 4.78 is 4.71. The number of amides is 1. The van der Waals surface area contributed by atoms with Crippen LogP contribution in [0.25, 0.3) is 6.08 Å². The Morgan fingerprint density at radius 1 is 1.39 bits per heavy atom. The molecule has 0 aliphatic carbocycles. The molecule has 0 unspecified atom stereocenters. The van der Waals surface area contributed by atoms with Crippen LogP contribution in [0.2, 0.25) is 0 Å². The summed E-state index contributed by atoms with van der Waals surface area (Å²) in [7, 11) is 1.44. The average molecular weight is 249 g/mol. The van der Waals surface area contributed by atoms with Crippen molar-refractivity contribution in [1.82, 2.24) is 0 Å². The number of methoxy groups -OCH3 is 1. The van der Waals surface area contributed by atoms with Gasteiger partial charge in [-0.3, -0.25) is 4.79 Å². The molecule has 0 spiro atoms. The molecule has 18 heavy (non-hydrogen) atoms. The van der Waals surface area contributed by atoms with E-state index < -0.39 is 5.97 Å². The molecule has 1 aromatic rings. The number of nitrogens with one attached hydrogen (secondary N) is 1. The number of aliphatic carboxylic acids is 1. The molecule has 0 aliphatic rings. The number of anilines is 1. The quantitative estimate of drug-likeness (QED) is 0.778. The van der Waals surface area contributed by atoms with Crippen molar-refractivity contribution in [3.05, 3.63) is 35.4 Å². The van der Waals surface area contributed by atoms with E-state index in [1.165, 1.54) is 13.2 Å². The summed E-state index contributed by atoms with van der Waals surface area (Å²) in [6.45, 7) is 1.85. The zero-order chi connectivity index (χ0) is 13.5. The molecule has 0 atom stereocenters. The normalized spacial score (nSPS) is 10.6. The van der Waals surface area contributed by atoms with E-state index in [0.29, 0.717) is 11.3 Å². The monoisotopic (exact) mass is 249 g/mol. The molecule has 0 aliphatic heterocycles. The van der Waals surface area contributed by atoms with E-state index >= 15 is 0 Å². The summed E-state index contributed by atoms with van der Waals surface area (Å²) in [5.74, 6) is -1.27. The SMILES string of the molecule is COCC(=O)Nc1cc(C)cc(/C=C/C(=O)O)c1. The van der Waals surface area contributed by atoms with E-state index in [-0.39, 0.29) is 12.5 Å².